The first-order valence-electron chi connectivity index (χ1n) is 8.22. The van der Waals surface area contributed by atoms with E-state index >= 15 is 0 Å². The van der Waals surface area contributed by atoms with Crippen molar-refractivity contribution < 1.29 is 0 Å². The molecule has 1 N–H and O–H groups in total. The molecule has 0 aromatic carbocycles. The first-order chi connectivity index (χ1) is 10.2. The number of nitrogens with zero attached hydrogens (tertiary/aromatic N) is 2. The van der Waals surface area contributed by atoms with Crippen molar-refractivity contribution in [3.8, 4) is 0 Å². The zero-order valence-corrected chi connectivity index (χ0v) is 14.1. The van der Waals surface area contributed by atoms with Crippen LogP contribution in [0.3, 0.4) is 0 Å². The van der Waals surface area contributed by atoms with Crippen LogP contribution in [0.1, 0.15) is 46.5 Å². The summed E-state index contributed by atoms with van der Waals surface area (Å²) in [5, 5.41) is 3.44. The van der Waals surface area contributed by atoms with E-state index in [2.05, 4.69) is 30.0 Å². The van der Waals surface area contributed by atoms with Gasteiger partial charge in [-0.1, -0.05) is 31.9 Å². The number of allylic oxidation sites excluding steroid dienone is 2. The Balaban J connectivity index is 0.00000191. The summed E-state index contributed by atoms with van der Waals surface area (Å²) in [7, 11) is 5.76. The highest BCUT2D eigenvalue weighted by atomic mass is 15.0. The number of hydrogen-bond acceptors (Lipinski definition) is 3. The summed E-state index contributed by atoms with van der Waals surface area (Å²) in [6.45, 7) is 13.6. The zero-order chi connectivity index (χ0) is 15.9. The molecule has 4 heteroatoms. The van der Waals surface area contributed by atoms with Gasteiger partial charge in [0.2, 0.25) is 0 Å². The molecule has 21 heavy (non-hydrogen) atoms. The van der Waals surface area contributed by atoms with Crippen LogP contribution in [0.2, 0.25) is 0 Å². The first-order valence-corrected chi connectivity index (χ1v) is 8.22. The average molecular weight is 289 g/mol. The van der Waals surface area contributed by atoms with Crippen LogP contribution in [0.15, 0.2) is 28.9 Å². The number of unbranched alkanes of at least 4 members (excludes halogenated alkanes) is 1. The maximum Gasteiger partial charge on any atom is 0.182 e. The van der Waals surface area contributed by atoms with Crippen molar-refractivity contribution in [1.29, 1.82) is 0 Å². The second-order valence-corrected chi connectivity index (χ2v) is 5.30. The van der Waals surface area contributed by atoms with E-state index in [-0.39, 0.29) is 0 Å². The van der Waals surface area contributed by atoms with Gasteiger partial charge in [0.25, 0.3) is 0 Å². The lowest BCUT2D eigenvalue weighted by Gasteiger charge is -2.10. The Bertz CT molecular complexity index is 313. The lowest BCUT2D eigenvalue weighted by molar-refractivity contribution is 0.460. The summed E-state index contributed by atoms with van der Waals surface area (Å²) >= 11 is 0. The molecule has 1 saturated heterocycles. The van der Waals surface area contributed by atoms with Gasteiger partial charge in [0.15, 0.2) is 7.98 Å². The standard InChI is InChI=1S/C15H26BN3.C2H6/c1-14(6-10-17-2)7-11-18-9-4-3-5-15-8-12-19(16)13-15;1-2/h6-7,10,15,18H,2-5,8-9,11-13H2,1H3;1-2H3/b10-6-,14-7-;. The van der Waals surface area contributed by atoms with Crippen LogP contribution >= 0.6 is 0 Å². The van der Waals surface area contributed by atoms with E-state index < -0.39 is 0 Å². The van der Waals surface area contributed by atoms with Gasteiger partial charge < -0.3 is 10.1 Å². The molecule has 1 rings (SSSR count). The molecule has 2 radical (unpaired) electrons. The van der Waals surface area contributed by atoms with Crippen molar-refractivity contribution in [3.05, 3.63) is 23.9 Å². The van der Waals surface area contributed by atoms with Crippen LogP contribution in [0.5, 0.6) is 0 Å². The second-order valence-electron chi connectivity index (χ2n) is 5.30. The largest absolute Gasteiger partial charge is 0.353 e. The van der Waals surface area contributed by atoms with Gasteiger partial charge in [0.1, 0.15) is 0 Å². The van der Waals surface area contributed by atoms with Crippen LogP contribution < -0.4 is 5.32 Å². The number of rotatable bonds is 9. The quantitative estimate of drug-likeness (QED) is 0.305. The lowest BCUT2D eigenvalue weighted by Crippen LogP contribution is -2.17. The molecule has 0 spiro atoms. The number of nitrogens with one attached hydrogen (secondary N) is 1. The molecular formula is C17H32BN3. The highest BCUT2D eigenvalue weighted by Crippen LogP contribution is 2.19. The number of hydrogen-bond donors (Lipinski definition) is 1. The SMILES string of the molecule is CC.[B]N1CCC(CCCCNC/C=C(C)\C=C/N=C)C1. The van der Waals surface area contributed by atoms with Crippen molar-refractivity contribution in [1.82, 2.24) is 10.1 Å². The average Bonchev–Trinajstić information content (AvgIpc) is 2.91. The molecular weight excluding hydrogens is 257 g/mol. The molecule has 0 saturated carbocycles. The summed E-state index contributed by atoms with van der Waals surface area (Å²) in [4.78, 5) is 5.63. The van der Waals surface area contributed by atoms with Crippen LogP contribution in [-0.4, -0.2) is 45.7 Å². The van der Waals surface area contributed by atoms with Crippen LogP contribution in [-0.2, 0) is 0 Å². The molecule has 1 unspecified atom stereocenters. The molecule has 1 aliphatic heterocycles. The molecule has 118 valence electrons. The van der Waals surface area contributed by atoms with Gasteiger partial charge >= 0.3 is 0 Å². The highest BCUT2D eigenvalue weighted by molar-refractivity contribution is 6.04. The minimum atomic E-state index is 0.823. The predicted molar refractivity (Wildman–Crippen MR) is 95.9 cm³/mol. The van der Waals surface area contributed by atoms with Gasteiger partial charge in [-0.3, -0.25) is 4.99 Å². The van der Waals surface area contributed by atoms with E-state index in [9.17, 15) is 0 Å². The van der Waals surface area contributed by atoms with Crippen molar-refractivity contribution in [2.75, 3.05) is 26.2 Å². The fraction of sp³-hybridized carbons (Fsp3) is 0.706. The molecule has 0 aliphatic carbocycles. The first kappa shape index (κ1) is 20.1. The maximum absolute atomic E-state index is 5.76. The minimum Gasteiger partial charge on any atom is -0.353 e. The maximum atomic E-state index is 5.76. The molecule has 1 aliphatic rings. The van der Waals surface area contributed by atoms with Crippen molar-refractivity contribution in [3.63, 3.8) is 0 Å². The summed E-state index contributed by atoms with van der Waals surface area (Å²) in [5.74, 6) is 0.823. The predicted octanol–water partition coefficient (Wildman–Crippen LogP) is 3.34. The summed E-state index contributed by atoms with van der Waals surface area (Å²) in [5.41, 5.74) is 1.22. The smallest absolute Gasteiger partial charge is 0.182 e. The Hall–Kier alpha value is -0.865. The van der Waals surface area contributed by atoms with E-state index in [0.717, 1.165) is 32.1 Å². The molecule has 1 fully saturated rings. The molecule has 0 amide bonds. The fourth-order valence-electron chi connectivity index (χ4n) is 2.35. The van der Waals surface area contributed by atoms with Gasteiger partial charge in [-0.15, -0.1) is 0 Å². The monoisotopic (exact) mass is 289 g/mol. The van der Waals surface area contributed by atoms with Gasteiger partial charge in [0, 0.05) is 12.7 Å². The molecule has 3 nitrogen and oxygen atoms in total. The van der Waals surface area contributed by atoms with Gasteiger partial charge in [-0.25, -0.2) is 0 Å². The second kappa shape index (κ2) is 14.1. The Kier molecular flexibility index (Phi) is 13.5. The summed E-state index contributed by atoms with van der Waals surface area (Å²) < 4.78 is 0. The minimum absolute atomic E-state index is 0.823. The molecule has 0 aromatic rings. The highest BCUT2D eigenvalue weighted by Gasteiger charge is 2.17. The van der Waals surface area contributed by atoms with Crippen molar-refractivity contribution >= 4 is 14.7 Å². The Morgan fingerprint density at radius 3 is 2.81 bits per heavy atom. The molecule has 0 bridgehead atoms. The van der Waals surface area contributed by atoms with Crippen LogP contribution in [0, 0.1) is 5.92 Å². The van der Waals surface area contributed by atoms with Crippen LogP contribution in [0.4, 0.5) is 0 Å². The Morgan fingerprint density at radius 2 is 2.19 bits per heavy atom. The van der Waals surface area contributed by atoms with E-state index in [4.69, 9.17) is 7.98 Å². The lowest BCUT2D eigenvalue weighted by atomic mass is 10.0. The van der Waals surface area contributed by atoms with Crippen LogP contribution in [0.25, 0.3) is 0 Å². The third kappa shape index (κ3) is 11.5. The molecule has 1 heterocycles. The van der Waals surface area contributed by atoms with Gasteiger partial charge in [-0.05, 0) is 64.5 Å². The third-order valence-electron chi connectivity index (χ3n) is 3.54. The molecule has 1 atom stereocenters. The topological polar surface area (TPSA) is 27.6 Å². The van der Waals surface area contributed by atoms with Crippen molar-refractivity contribution in [2.24, 2.45) is 10.9 Å². The van der Waals surface area contributed by atoms with E-state index in [1.807, 2.05) is 24.7 Å². The molecule has 0 aromatic heterocycles. The summed E-state index contributed by atoms with van der Waals surface area (Å²) in [6, 6.07) is 0. The van der Waals surface area contributed by atoms with E-state index in [1.54, 1.807) is 6.20 Å². The zero-order valence-electron chi connectivity index (χ0n) is 14.1. The van der Waals surface area contributed by atoms with Gasteiger partial charge in [-0.2, -0.15) is 0 Å². The summed E-state index contributed by atoms with van der Waals surface area (Å²) in [6.07, 6.45) is 11.0. The normalized spacial score (nSPS) is 19.6. The van der Waals surface area contributed by atoms with E-state index in [0.29, 0.717) is 0 Å². The third-order valence-corrected chi connectivity index (χ3v) is 3.54. The Morgan fingerprint density at radius 1 is 1.43 bits per heavy atom. The van der Waals surface area contributed by atoms with Crippen molar-refractivity contribution in [2.45, 2.75) is 46.5 Å². The van der Waals surface area contributed by atoms with E-state index in [1.165, 1.54) is 31.3 Å². The fourth-order valence-corrected chi connectivity index (χ4v) is 2.35. The Labute approximate surface area is 133 Å². The number of aliphatic imine (C=N–C) groups is 1. The van der Waals surface area contributed by atoms with Gasteiger partial charge in [0.05, 0.1) is 0 Å².